The van der Waals surface area contributed by atoms with Gasteiger partial charge in [0.1, 0.15) is 11.3 Å². The van der Waals surface area contributed by atoms with Crippen molar-refractivity contribution in [1.82, 2.24) is 25.2 Å². The Balaban J connectivity index is 1.80. The van der Waals surface area contributed by atoms with E-state index in [0.717, 1.165) is 11.1 Å². The Morgan fingerprint density at radius 1 is 1.27 bits per heavy atom. The first-order valence-corrected chi connectivity index (χ1v) is 12.6. The van der Waals surface area contributed by atoms with Gasteiger partial charge in [0, 0.05) is 43.3 Å². The maximum absolute atomic E-state index is 12.4. The lowest BCUT2D eigenvalue weighted by Crippen LogP contribution is -2.48. The summed E-state index contributed by atoms with van der Waals surface area (Å²) in [4.78, 5) is 39.6. The van der Waals surface area contributed by atoms with Crippen molar-refractivity contribution >= 4 is 23.8 Å². The highest BCUT2D eigenvalue weighted by atomic mass is 16.6. The van der Waals surface area contributed by atoms with Crippen molar-refractivity contribution < 1.29 is 24.2 Å². The van der Waals surface area contributed by atoms with E-state index in [1.54, 1.807) is 9.58 Å². The number of hydrogen-bond donors (Lipinski definition) is 2. The largest absolute Gasteiger partial charge is 0.465 e. The van der Waals surface area contributed by atoms with Gasteiger partial charge in [-0.1, -0.05) is 11.3 Å². The number of aryl methyl sites for hydroxylation is 1. The second kappa shape index (κ2) is 11.2. The maximum atomic E-state index is 12.4. The van der Waals surface area contributed by atoms with E-state index in [4.69, 9.17) is 4.74 Å². The van der Waals surface area contributed by atoms with Crippen LogP contribution in [0.4, 0.5) is 15.3 Å². The normalized spacial score (nSPS) is 17.4. The van der Waals surface area contributed by atoms with Crippen LogP contribution >= 0.6 is 0 Å². The molecule has 0 fully saturated rings. The molecule has 0 bridgehead atoms. The molecule has 0 aliphatic carbocycles. The lowest BCUT2D eigenvalue weighted by atomic mass is 9.88. The van der Waals surface area contributed by atoms with E-state index in [9.17, 15) is 19.5 Å². The molecule has 0 saturated heterocycles. The Morgan fingerprint density at radius 2 is 1.97 bits per heavy atom. The topological polar surface area (TPSA) is 130 Å². The fourth-order valence-electron chi connectivity index (χ4n) is 4.74. The minimum atomic E-state index is -0.995. The maximum Gasteiger partial charge on any atom is 0.408 e. The molecule has 2 N–H and O–H groups in total. The standard InChI is InChI=1S/C26H38N6O5/c1-16(2)31(25(35)36)23-13-17(3)32(18(4)33)22-10-9-19(14-20(22)23)21-15-30(29-28-21)12-8-11-27-24(34)37-26(5,6)7/h9-10,14-17,23H,8,11-13H2,1-7H3,(H,27,34)(H,35,36)/t17-,23+/m0/s1. The van der Waals surface area contributed by atoms with Crippen LogP contribution in [0, 0.1) is 0 Å². The van der Waals surface area contributed by atoms with E-state index < -0.39 is 23.8 Å². The van der Waals surface area contributed by atoms with Crippen LogP contribution in [-0.2, 0) is 16.1 Å². The third kappa shape index (κ3) is 6.78. The van der Waals surface area contributed by atoms with Gasteiger partial charge in [-0.3, -0.25) is 14.4 Å². The van der Waals surface area contributed by atoms with Gasteiger partial charge >= 0.3 is 12.2 Å². The van der Waals surface area contributed by atoms with Crippen LogP contribution in [0.15, 0.2) is 24.4 Å². The van der Waals surface area contributed by atoms with Gasteiger partial charge < -0.3 is 20.1 Å². The van der Waals surface area contributed by atoms with Gasteiger partial charge in [-0.05, 0) is 72.1 Å². The first kappa shape index (κ1) is 27.9. The van der Waals surface area contributed by atoms with Crippen LogP contribution in [-0.4, -0.2) is 67.3 Å². The van der Waals surface area contributed by atoms with Crippen molar-refractivity contribution in [3.8, 4) is 11.3 Å². The van der Waals surface area contributed by atoms with Crippen molar-refractivity contribution in [2.24, 2.45) is 0 Å². The molecule has 0 radical (unpaired) electrons. The summed E-state index contributed by atoms with van der Waals surface area (Å²) in [5, 5.41) is 21.2. The van der Waals surface area contributed by atoms with Crippen molar-refractivity contribution in [2.75, 3.05) is 11.4 Å². The van der Waals surface area contributed by atoms with E-state index in [-0.39, 0.29) is 18.0 Å². The molecule has 11 heteroatoms. The molecular weight excluding hydrogens is 476 g/mol. The summed E-state index contributed by atoms with van der Waals surface area (Å²) in [6.45, 7) is 13.6. The van der Waals surface area contributed by atoms with Gasteiger partial charge in [-0.2, -0.15) is 0 Å². The van der Waals surface area contributed by atoms with Gasteiger partial charge in [-0.15, -0.1) is 5.10 Å². The summed E-state index contributed by atoms with van der Waals surface area (Å²) in [6.07, 6.45) is 1.50. The number of nitrogens with zero attached hydrogens (tertiary/aromatic N) is 5. The highest BCUT2D eigenvalue weighted by Gasteiger charge is 2.38. The molecule has 202 valence electrons. The average Bonchev–Trinajstić information content (AvgIpc) is 3.23. The van der Waals surface area contributed by atoms with Gasteiger partial charge in [0.15, 0.2) is 0 Å². The first-order chi connectivity index (χ1) is 17.3. The molecule has 3 rings (SSSR count). The lowest BCUT2D eigenvalue weighted by molar-refractivity contribution is -0.117. The van der Waals surface area contributed by atoms with E-state index in [1.165, 1.54) is 11.8 Å². The number of fused-ring (bicyclic) bond motifs is 1. The second-order valence-corrected chi connectivity index (χ2v) is 10.7. The Hall–Kier alpha value is -3.63. The van der Waals surface area contributed by atoms with Crippen LogP contribution in [0.1, 0.15) is 72.9 Å². The van der Waals surface area contributed by atoms with Crippen molar-refractivity contribution in [3.05, 3.63) is 30.0 Å². The van der Waals surface area contributed by atoms with Gasteiger partial charge in [-0.25, -0.2) is 9.59 Å². The molecule has 0 saturated carbocycles. The Morgan fingerprint density at radius 3 is 2.57 bits per heavy atom. The highest BCUT2D eigenvalue weighted by molar-refractivity contribution is 5.94. The fourth-order valence-corrected chi connectivity index (χ4v) is 4.74. The van der Waals surface area contributed by atoms with Crippen molar-refractivity contribution in [3.63, 3.8) is 0 Å². The number of amides is 3. The van der Waals surface area contributed by atoms with E-state index in [2.05, 4.69) is 15.6 Å². The van der Waals surface area contributed by atoms with Crippen LogP contribution in [0.25, 0.3) is 11.3 Å². The van der Waals surface area contributed by atoms with Gasteiger partial charge in [0.05, 0.1) is 12.2 Å². The van der Waals surface area contributed by atoms with Gasteiger partial charge in [0.2, 0.25) is 5.91 Å². The van der Waals surface area contributed by atoms with Crippen LogP contribution < -0.4 is 10.2 Å². The minimum Gasteiger partial charge on any atom is -0.465 e. The average molecular weight is 515 g/mol. The molecule has 1 aromatic carbocycles. The molecule has 1 aromatic heterocycles. The zero-order valence-corrected chi connectivity index (χ0v) is 22.7. The number of aromatic nitrogens is 3. The predicted octanol–water partition coefficient (Wildman–Crippen LogP) is 4.43. The number of alkyl carbamates (subject to hydrolysis) is 1. The number of hydrogen-bond acceptors (Lipinski definition) is 6. The van der Waals surface area contributed by atoms with E-state index in [1.807, 2.05) is 65.9 Å². The SMILES string of the molecule is CC(=O)N1c2ccc(-c3cn(CCCNC(=O)OC(C)(C)C)nn3)cc2[C@H](N(C(=O)O)C(C)C)C[C@@H]1C. The number of ether oxygens (including phenoxy) is 1. The quantitative estimate of drug-likeness (QED) is 0.523. The first-order valence-electron chi connectivity index (χ1n) is 12.6. The zero-order chi connectivity index (χ0) is 27.5. The summed E-state index contributed by atoms with van der Waals surface area (Å²) in [7, 11) is 0. The third-order valence-corrected chi connectivity index (χ3v) is 6.17. The number of carbonyl (C=O) groups is 3. The van der Waals surface area contributed by atoms with E-state index >= 15 is 0 Å². The van der Waals surface area contributed by atoms with Crippen molar-refractivity contribution in [2.45, 2.75) is 91.6 Å². The molecule has 0 unspecified atom stereocenters. The fraction of sp³-hybridized carbons (Fsp3) is 0.577. The summed E-state index contributed by atoms with van der Waals surface area (Å²) in [6, 6.07) is 4.88. The summed E-state index contributed by atoms with van der Waals surface area (Å²) < 4.78 is 6.93. The molecule has 0 spiro atoms. The Labute approximate surface area is 217 Å². The van der Waals surface area contributed by atoms with Crippen LogP contribution in [0.2, 0.25) is 0 Å². The smallest absolute Gasteiger partial charge is 0.408 e. The lowest BCUT2D eigenvalue weighted by Gasteiger charge is -2.43. The van der Waals surface area contributed by atoms with Crippen LogP contribution in [0.3, 0.4) is 0 Å². The predicted molar refractivity (Wildman–Crippen MR) is 139 cm³/mol. The van der Waals surface area contributed by atoms with Gasteiger partial charge in [0.25, 0.3) is 0 Å². The molecule has 2 heterocycles. The summed E-state index contributed by atoms with van der Waals surface area (Å²) >= 11 is 0. The summed E-state index contributed by atoms with van der Waals surface area (Å²) in [5.41, 5.74) is 2.37. The molecular formula is C26H38N6O5. The number of carboxylic acid groups (broad SMARTS) is 1. The molecule has 1 aliphatic rings. The Bertz CT molecular complexity index is 1140. The number of rotatable bonds is 7. The summed E-state index contributed by atoms with van der Waals surface area (Å²) in [5.74, 6) is -0.0858. The number of benzene rings is 1. The molecule has 11 nitrogen and oxygen atoms in total. The number of carbonyl (C=O) groups excluding carboxylic acids is 2. The minimum absolute atomic E-state index is 0.0858. The molecule has 37 heavy (non-hydrogen) atoms. The molecule has 2 atom stereocenters. The number of anilines is 1. The monoisotopic (exact) mass is 514 g/mol. The highest BCUT2D eigenvalue weighted by Crippen LogP contribution is 2.42. The molecule has 3 amide bonds. The van der Waals surface area contributed by atoms with Crippen molar-refractivity contribution in [1.29, 1.82) is 0 Å². The zero-order valence-electron chi connectivity index (χ0n) is 22.7. The van der Waals surface area contributed by atoms with Crippen LogP contribution in [0.5, 0.6) is 0 Å². The Kier molecular flexibility index (Phi) is 8.45. The third-order valence-electron chi connectivity index (χ3n) is 6.17. The second-order valence-electron chi connectivity index (χ2n) is 10.7. The number of nitrogens with one attached hydrogen (secondary N) is 1. The molecule has 1 aliphatic heterocycles. The molecule has 2 aromatic rings. The van der Waals surface area contributed by atoms with E-state index in [0.29, 0.717) is 37.3 Å².